The molecule has 0 aliphatic carbocycles. The molecule has 3 nitrogen and oxygen atoms in total. The maximum atomic E-state index is 11.7. The largest absolute Gasteiger partial charge is 0.392 e. The van der Waals surface area contributed by atoms with Crippen molar-refractivity contribution in [2.24, 2.45) is 10.8 Å². The second kappa shape index (κ2) is 5.61. The average Bonchev–Trinajstić information content (AvgIpc) is 1.99. The van der Waals surface area contributed by atoms with Crippen LogP contribution in [0.5, 0.6) is 0 Å². The lowest BCUT2D eigenvalue weighted by atomic mass is 9.90. The molecule has 0 aromatic rings. The number of aliphatic hydroxyl groups excluding tert-OH is 2. The monoisotopic (exact) mass is 250 g/mol. The average molecular weight is 250 g/mol. The van der Waals surface area contributed by atoms with Crippen molar-refractivity contribution in [3.63, 3.8) is 0 Å². The molecule has 0 bridgehead atoms. The van der Waals surface area contributed by atoms with E-state index in [-0.39, 0.29) is 22.3 Å². The zero-order valence-electron chi connectivity index (χ0n) is 11.3. The van der Waals surface area contributed by atoms with E-state index in [1.54, 1.807) is 0 Å². The van der Waals surface area contributed by atoms with Crippen LogP contribution in [-0.2, 0) is 10.8 Å². The highest BCUT2D eigenvalue weighted by atomic mass is 32.2. The molecule has 0 amide bonds. The van der Waals surface area contributed by atoms with Gasteiger partial charge in [-0.1, -0.05) is 41.5 Å². The molecule has 2 N–H and O–H groups in total. The summed E-state index contributed by atoms with van der Waals surface area (Å²) in [5, 5.41) is 19.6. The summed E-state index contributed by atoms with van der Waals surface area (Å²) in [6.45, 7) is 11.5. The summed E-state index contributed by atoms with van der Waals surface area (Å²) in [5.74, 6) is 0.466. The molecule has 0 radical (unpaired) electrons. The molecule has 0 aromatic heterocycles. The summed E-state index contributed by atoms with van der Waals surface area (Å²) < 4.78 is 11.7. The third-order valence-electron chi connectivity index (χ3n) is 2.69. The molecule has 0 aliphatic rings. The molecule has 0 saturated carbocycles. The van der Waals surface area contributed by atoms with E-state index in [1.165, 1.54) is 0 Å². The molecule has 0 spiro atoms. The highest BCUT2D eigenvalue weighted by Gasteiger charge is 2.28. The SMILES string of the molecule is CC(C)(C)C(O)CS(=O)CC(O)C(C)(C)C. The third-order valence-corrected chi connectivity index (χ3v) is 4.06. The van der Waals surface area contributed by atoms with Crippen molar-refractivity contribution in [2.75, 3.05) is 11.5 Å². The summed E-state index contributed by atoms with van der Waals surface area (Å²) in [7, 11) is -1.17. The van der Waals surface area contributed by atoms with Crippen LogP contribution in [0.3, 0.4) is 0 Å². The maximum Gasteiger partial charge on any atom is 0.0703 e. The molecule has 0 aliphatic heterocycles. The Balaban J connectivity index is 4.21. The summed E-state index contributed by atoms with van der Waals surface area (Å²) >= 11 is 0. The zero-order valence-corrected chi connectivity index (χ0v) is 12.1. The van der Waals surface area contributed by atoms with Gasteiger partial charge in [0.15, 0.2) is 0 Å². The van der Waals surface area contributed by atoms with Crippen LogP contribution in [0.1, 0.15) is 41.5 Å². The fourth-order valence-corrected chi connectivity index (χ4v) is 2.76. The molecular formula is C12H26O3S. The van der Waals surface area contributed by atoms with E-state index in [2.05, 4.69) is 0 Å². The molecule has 0 aromatic carbocycles. The first-order valence-corrected chi connectivity index (χ1v) is 7.14. The van der Waals surface area contributed by atoms with E-state index in [1.807, 2.05) is 41.5 Å². The van der Waals surface area contributed by atoms with Crippen LogP contribution in [0.2, 0.25) is 0 Å². The van der Waals surface area contributed by atoms with Gasteiger partial charge in [0.25, 0.3) is 0 Å². The number of rotatable bonds is 4. The normalized spacial score (nSPS) is 19.2. The molecule has 2 unspecified atom stereocenters. The molecule has 2 atom stereocenters. The van der Waals surface area contributed by atoms with Gasteiger partial charge in [0.2, 0.25) is 0 Å². The van der Waals surface area contributed by atoms with Crippen LogP contribution in [-0.4, -0.2) is 38.1 Å². The fourth-order valence-electron chi connectivity index (χ4n) is 0.920. The first-order chi connectivity index (χ1) is 6.94. The zero-order chi connectivity index (χ0) is 13.1. The van der Waals surface area contributed by atoms with Gasteiger partial charge >= 0.3 is 0 Å². The van der Waals surface area contributed by atoms with Gasteiger partial charge in [-0.3, -0.25) is 4.21 Å². The number of hydrogen-bond donors (Lipinski definition) is 2. The lowest BCUT2D eigenvalue weighted by Gasteiger charge is -2.28. The van der Waals surface area contributed by atoms with E-state index in [4.69, 9.17) is 0 Å². The summed E-state index contributed by atoms with van der Waals surface area (Å²) in [6.07, 6.45) is -1.19. The van der Waals surface area contributed by atoms with E-state index in [0.29, 0.717) is 0 Å². The highest BCUT2D eigenvalue weighted by Crippen LogP contribution is 2.22. The topological polar surface area (TPSA) is 57.5 Å². The number of aliphatic hydroxyl groups is 2. The first kappa shape index (κ1) is 16.1. The maximum absolute atomic E-state index is 11.7. The van der Waals surface area contributed by atoms with Gasteiger partial charge in [-0.2, -0.15) is 0 Å². The van der Waals surface area contributed by atoms with E-state index in [9.17, 15) is 14.4 Å². The van der Waals surface area contributed by atoms with Gasteiger partial charge in [0, 0.05) is 10.8 Å². The van der Waals surface area contributed by atoms with Gasteiger partial charge in [0.05, 0.1) is 23.7 Å². The fraction of sp³-hybridized carbons (Fsp3) is 1.00. The van der Waals surface area contributed by atoms with Crippen LogP contribution in [0.15, 0.2) is 0 Å². The first-order valence-electron chi connectivity index (χ1n) is 5.65. The van der Waals surface area contributed by atoms with Crippen molar-refractivity contribution in [2.45, 2.75) is 53.8 Å². The molecule has 0 heterocycles. The van der Waals surface area contributed by atoms with Gasteiger partial charge in [-0.05, 0) is 10.8 Å². The summed E-state index contributed by atoms with van der Waals surface area (Å²) in [6, 6.07) is 0. The van der Waals surface area contributed by atoms with Gasteiger partial charge in [0.1, 0.15) is 0 Å². The molecule has 4 heteroatoms. The smallest absolute Gasteiger partial charge is 0.0703 e. The minimum Gasteiger partial charge on any atom is -0.392 e. The Morgan fingerprint density at radius 3 is 1.31 bits per heavy atom. The Bertz CT molecular complexity index is 214. The summed E-state index contributed by atoms with van der Waals surface area (Å²) in [5.41, 5.74) is -0.523. The van der Waals surface area contributed by atoms with Gasteiger partial charge in [-0.15, -0.1) is 0 Å². The van der Waals surface area contributed by atoms with Crippen LogP contribution in [0, 0.1) is 10.8 Å². The Hall–Kier alpha value is 0.0700. The Morgan fingerprint density at radius 1 is 0.875 bits per heavy atom. The molecule has 0 saturated heterocycles. The lowest BCUT2D eigenvalue weighted by molar-refractivity contribution is 0.0779. The summed E-state index contributed by atoms with van der Waals surface area (Å²) in [4.78, 5) is 0. The number of hydrogen-bond acceptors (Lipinski definition) is 3. The molecule has 0 rings (SSSR count). The van der Waals surface area contributed by atoms with Crippen LogP contribution in [0.4, 0.5) is 0 Å². The van der Waals surface area contributed by atoms with Crippen molar-refractivity contribution in [3.05, 3.63) is 0 Å². The van der Waals surface area contributed by atoms with Crippen LogP contribution in [0.25, 0.3) is 0 Å². The van der Waals surface area contributed by atoms with Crippen molar-refractivity contribution in [1.82, 2.24) is 0 Å². The minimum atomic E-state index is -1.17. The van der Waals surface area contributed by atoms with Crippen molar-refractivity contribution in [3.8, 4) is 0 Å². The van der Waals surface area contributed by atoms with Gasteiger partial charge in [-0.25, -0.2) is 0 Å². The Labute approximate surface area is 102 Å². The van der Waals surface area contributed by atoms with Crippen molar-refractivity contribution < 1.29 is 14.4 Å². The van der Waals surface area contributed by atoms with Crippen molar-refractivity contribution in [1.29, 1.82) is 0 Å². The van der Waals surface area contributed by atoms with Crippen LogP contribution < -0.4 is 0 Å². The van der Waals surface area contributed by atoms with Crippen molar-refractivity contribution >= 4 is 10.8 Å². The van der Waals surface area contributed by atoms with E-state index in [0.717, 1.165) is 0 Å². The second-order valence-electron chi connectivity index (χ2n) is 6.54. The molecule has 16 heavy (non-hydrogen) atoms. The Morgan fingerprint density at radius 2 is 1.12 bits per heavy atom. The van der Waals surface area contributed by atoms with Crippen LogP contribution >= 0.6 is 0 Å². The van der Waals surface area contributed by atoms with Gasteiger partial charge < -0.3 is 10.2 Å². The molecular weight excluding hydrogens is 224 g/mol. The van der Waals surface area contributed by atoms with E-state index < -0.39 is 23.0 Å². The Kier molecular flexibility index (Phi) is 5.63. The molecule has 0 fully saturated rings. The minimum absolute atomic E-state index is 0.233. The third kappa shape index (κ3) is 5.97. The predicted octanol–water partition coefficient (Wildman–Crippen LogP) is 1.55. The quantitative estimate of drug-likeness (QED) is 0.796. The predicted molar refractivity (Wildman–Crippen MR) is 68.8 cm³/mol. The molecule has 98 valence electrons. The van der Waals surface area contributed by atoms with E-state index >= 15 is 0 Å². The standard InChI is InChI=1S/C12H26O3S/c1-11(2,3)9(13)7-16(15)8-10(14)12(4,5)6/h9-10,13-14H,7-8H2,1-6H3. The lowest BCUT2D eigenvalue weighted by Crippen LogP contribution is -2.36. The second-order valence-corrected chi connectivity index (χ2v) is 8.08. The highest BCUT2D eigenvalue weighted by molar-refractivity contribution is 7.85.